The quantitative estimate of drug-likeness (QED) is 0.658. The van der Waals surface area contributed by atoms with Crippen molar-refractivity contribution in [2.45, 2.75) is 6.61 Å². The first kappa shape index (κ1) is 16.2. The molecule has 0 amide bonds. The third-order valence-electron chi connectivity index (χ3n) is 3.47. The second-order valence-corrected chi connectivity index (χ2v) is 5.45. The molecule has 0 aliphatic carbocycles. The summed E-state index contributed by atoms with van der Waals surface area (Å²) in [6, 6.07) is 12.7. The van der Waals surface area contributed by atoms with E-state index in [9.17, 15) is 9.18 Å². The van der Waals surface area contributed by atoms with Gasteiger partial charge in [0.15, 0.2) is 5.69 Å². The van der Waals surface area contributed by atoms with E-state index < -0.39 is 11.8 Å². The van der Waals surface area contributed by atoms with E-state index in [1.165, 1.54) is 31.4 Å². The number of methoxy groups -OCH3 is 1. The van der Waals surface area contributed by atoms with Crippen molar-refractivity contribution in [3.05, 3.63) is 70.6 Å². The third kappa shape index (κ3) is 3.31. The van der Waals surface area contributed by atoms with Gasteiger partial charge in [0.25, 0.3) is 0 Å². The van der Waals surface area contributed by atoms with Gasteiger partial charge in [-0.25, -0.2) is 14.2 Å². The minimum Gasteiger partial charge on any atom is -0.488 e. The molecule has 6 heteroatoms. The molecule has 0 saturated carbocycles. The van der Waals surface area contributed by atoms with E-state index in [0.717, 1.165) is 5.56 Å². The van der Waals surface area contributed by atoms with Gasteiger partial charge in [-0.1, -0.05) is 29.8 Å². The van der Waals surface area contributed by atoms with Crippen molar-refractivity contribution < 1.29 is 18.7 Å². The zero-order valence-corrected chi connectivity index (χ0v) is 13.5. The Kier molecular flexibility index (Phi) is 4.62. The molecule has 1 heterocycles. The Morgan fingerprint density at radius 1 is 1.21 bits per heavy atom. The summed E-state index contributed by atoms with van der Waals surface area (Å²) < 4.78 is 24.0. The number of benzene rings is 2. The Morgan fingerprint density at radius 2 is 2.00 bits per heavy atom. The second kappa shape index (κ2) is 6.84. The lowest BCUT2D eigenvalue weighted by Crippen LogP contribution is -2.06. The van der Waals surface area contributed by atoms with Crippen LogP contribution in [-0.2, 0) is 11.3 Å². The molecule has 0 N–H and O–H groups in total. The fourth-order valence-corrected chi connectivity index (χ4v) is 2.46. The summed E-state index contributed by atoms with van der Waals surface area (Å²) in [5, 5.41) is 1.03. The van der Waals surface area contributed by atoms with Crippen molar-refractivity contribution in [1.82, 2.24) is 4.98 Å². The highest BCUT2D eigenvalue weighted by molar-refractivity contribution is 6.31. The number of ether oxygens (including phenoxy) is 2. The molecule has 24 heavy (non-hydrogen) atoms. The van der Waals surface area contributed by atoms with Gasteiger partial charge in [0, 0.05) is 22.0 Å². The zero-order valence-electron chi connectivity index (χ0n) is 12.8. The minimum absolute atomic E-state index is 0.0887. The Hall–Kier alpha value is -2.66. The maximum Gasteiger partial charge on any atom is 0.356 e. The average molecular weight is 346 g/mol. The molecule has 1 aromatic heterocycles. The van der Waals surface area contributed by atoms with Crippen LogP contribution in [-0.4, -0.2) is 18.1 Å². The Morgan fingerprint density at radius 3 is 2.75 bits per heavy atom. The highest BCUT2D eigenvalue weighted by Gasteiger charge is 2.14. The number of rotatable bonds is 4. The molecular formula is C18H13ClFNO3. The molecule has 0 bridgehead atoms. The first-order valence-corrected chi connectivity index (χ1v) is 7.51. The van der Waals surface area contributed by atoms with Crippen LogP contribution in [0, 0.1) is 5.82 Å². The van der Waals surface area contributed by atoms with E-state index in [1.807, 2.05) is 18.2 Å². The number of carbonyl (C=O) groups excluding carboxylic acids is 1. The number of aromatic nitrogens is 1. The lowest BCUT2D eigenvalue weighted by molar-refractivity contribution is 0.0594. The number of hydrogen-bond acceptors (Lipinski definition) is 4. The molecule has 3 aromatic rings. The second-order valence-electron chi connectivity index (χ2n) is 5.04. The molecule has 0 fully saturated rings. The van der Waals surface area contributed by atoms with Crippen LogP contribution in [0.2, 0.25) is 5.02 Å². The SMILES string of the molecule is COC(=O)c1cc(OCc2ccccc2Cl)c2cc(F)ccc2n1. The van der Waals surface area contributed by atoms with Crippen LogP contribution in [0.15, 0.2) is 48.5 Å². The molecular weight excluding hydrogens is 333 g/mol. The van der Waals surface area contributed by atoms with E-state index in [2.05, 4.69) is 4.98 Å². The van der Waals surface area contributed by atoms with Crippen molar-refractivity contribution in [1.29, 1.82) is 0 Å². The summed E-state index contributed by atoms with van der Waals surface area (Å²) in [4.78, 5) is 15.9. The van der Waals surface area contributed by atoms with Crippen LogP contribution >= 0.6 is 11.6 Å². The van der Waals surface area contributed by atoms with Crippen LogP contribution in [0.5, 0.6) is 5.75 Å². The molecule has 0 aliphatic rings. The van der Waals surface area contributed by atoms with Crippen molar-refractivity contribution in [2.75, 3.05) is 7.11 Å². The van der Waals surface area contributed by atoms with Gasteiger partial charge in [-0.15, -0.1) is 0 Å². The largest absolute Gasteiger partial charge is 0.488 e. The van der Waals surface area contributed by atoms with E-state index in [4.69, 9.17) is 21.1 Å². The molecule has 0 radical (unpaired) electrons. The maximum atomic E-state index is 13.6. The van der Waals surface area contributed by atoms with E-state index in [0.29, 0.717) is 21.7 Å². The van der Waals surface area contributed by atoms with Gasteiger partial charge in [0.1, 0.15) is 18.2 Å². The van der Waals surface area contributed by atoms with Crippen LogP contribution in [0.25, 0.3) is 10.9 Å². The molecule has 0 atom stereocenters. The van der Waals surface area contributed by atoms with Gasteiger partial charge in [0.2, 0.25) is 0 Å². The number of halogens is 2. The molecule has 0 unspecified atom stereocenters. The molecule has 0 spiro atoms. The number of carbonyl (C=O) groups is 1. The molecule has 0 saturated heterocycles. The number of pyridine rings is 1. The van der Waals surface area contributed by atoms with Crippen molar-refractivity contribution in [2.24, 2.45) is 0 Å². The number of fused-ring (bicyclic) bond motifs is 1. The number of esters is 1. The first-order chi connectivity index (χ1) is 11.6. The number of nitrogens with zero attached hydrogens (tertiary/aromatic N) is 1. The molecule has 122 valence electrons. The summed E-state index contributed by atoms with van der Waals surface area (Å²) in [5.74, 6) is -0.679. The predicted octanol–water partition coefficient (Wildman–Crippen LogP) is 4.39. The fourth-order valence-electron chi connectivity index (χ4n) is 2.27. The predicted molar refractivity (Wildman–Crippen MR) is 88.8 cm³/mol. The lowest BCUT2D eigenvalue weighted by Gasteiger charge is -2.12. The van der Waals surface area contributed by atoms with Crippen LogP contribution in [0.4, 0.5) is 4.39 Å². The van der Waals surface area contributed by atoms with Gasteiger partial charge in [-0.2, -0.15) is 0 Å². The van der Waals surface area contributed by atoms with Crippen molar-refractivity contribution >= 4 is 28.5 Å². The lowest BCUT2D eigenvalue weighted by atomic mass is 10.1. The van der Waals surface area contributed by atoms with Gasteiger partial charge < -0.3 is 9.47 Å². The van der Waals surface area contributed by atoms with E-state index in [1.54, 1.807) is 6.07 Å². The third-order valence-corrected chi connectivity index (χ3v) is 3.84. The fraction of sp³-hybridized carbons (Fsp3) is 0.111. The molecule has 3 rings (SSSR count). The summed E-state index contributed by atoms with van der Waals surface area (Å²) in [6.07, 6.45) is 0. The van der Waals surface area contributed by atoms with Gasteiger partial charge in [0.05, 0.1) is 12.6 Å². The molecule has 2 aromatic carbocycles. The van der Waals surface area contributed by atoms with Crippen LogP contribution in [0.3, 0.4) is 0 Å². The van der Waals surface area contributed by atoms with Gasteiger partial charge >= 0.3 is 5.97 Å². The summed E-state index contributed by atoms with van der Waals surface area (Å²) >= 11 is 6.11. The van der Waals surface area contributed by atoms with E-state index in [-0.39, 0.29) is 12.3 Å². The average Bonchev–Trinajstić information content (AvgIpc) is 2.60. The first-order valence-electron chi connectivity index (χ1n) is 7.13. The Labute approximate surface area is 142 Å². The Balaban J connectivity index is 2.02. The maximum absolute atomic E-state index is 13.6. The van der Waals surface area contributed by atoms with Crippen molar-refractivity contribution in [3.8, 4) is 5.75 Å². The topological polar surface area (TPSA) is 48.4 Å². The summed E-state index contributed by atoms with van der Waals surface area (Å²) in [7, 11) is 1.27. The van der Waals surface area contributed by atoms with Gasteiger partial charge in [-0.3, -0.25) is 0 Å². The van der Waals surface area contributed by atoms with Crippen molar-refractivity contribution in [3.63, 3.8) is 0 Å². The minimum atomic E-state index is -0.594. The molecule has 4 nitrogen and oxygen atoms in total. The van der Waals surface area contributed by atoms with E-state index >= 15 is 0 Å². The highest BCUT2D eigenvalue weighted by Crippen LogP contribution is 2.28. The monoisotopic (exact) mass is 345 g/mol. The summed E-state index contributed by atoms with van der Waals surface area (Å²) in [6.45, 7) is 0.177. The zero-order chi connectivity index (χ0) is 17.1. The Bertz CT molecular complexity index is 914. The van der Waals surface area contributed by atoms with Crippen LogP contribution < -0.4 is 4.74 Å². The number of hydrogen-bond donors (Lipinski definition) is 0. The van der Waals surface area contributed by atoms with Crippen LogP contribution in [0.1, 0.15) is 16.1 Å². The normalized spacial score (nSPS) is 10.6. The van der Waals surface area contributed by atoms with Gasteiger partial charge in [-0.05, 0) is 24.3 Å². The highest BCUT2D eigenvalue weighted by atomic mass is 35.5. The molecule has 0 aliphatic heterocycles. The standard InChI is InChI=1S/C18H13ClFNO3/c1-23-18(22)16-9-17(13-8-12(20)6-7-15(13)21-16)24-10-11-4-2-3-5-14(11)19/h2-9H,10H2,1H3. The summed E-state index contributed by atoms with van der Waals surface area (Å²) in [5.41, 5.74) is 1.30. The smallest absolute Gasteiger partial charge is 0.356 e.